The molecule has 0 spiro atoms. The predicted octanol–water partition coefficient (Wildman–Crippen LogP) is 2.99. The van der Waals surface area contributed by atoms with Crippen LogP contribution in [0.5, 0.6) is 0 Å². The van der Waals surface area contributed by atoms with Gasteiger partial charge in [-0.05, 0) is 37.5 Å². The molecule has 1 fully saturated rings. The molecule has 0 atom stereocenters. The Hall–Kier alpha value is -0.830. The number of sulfonamides is 1. The van der Waals surface area contributed by atoms with Crippen LogP contribution in [0.2, 0.25) is 0 Å². The molecule has 1 aromatic carbocycles. The van der Waals surface area contributed by atoms with Gasteiger partial charge in [0.2, 0.25) is 10.0 Å². The maximum atomic E-state index is 12.9. The Morgan fingerprint density at radius 2 is 1.83 bits per heavy atom. The third-order valence-corrected chi connectivity index (χ3v) is 5.70. The molecule has 0 aliphatic heterocycles. The molecule has 2 rings (SSSR count). The summed E-state index contributed by atoms with van der Waals surface area (Å²) >= 11 is 0. The fourth-order valence-electron chi connectivity index (χ4n) is 2.82. The van der Waals surface area contributed by atoms with Crippen molar-refractivity contribution < 1.29 is 21.6 Å². The Bertz CT molecular complexity index is 656. The van der Waals surface area contributed by atoms with E-state index >= 15 is 0 Å². The van der Waals surface area contributed by atoms with Gasteiger partial charge in [-0.25, -0.2) is 13.1 Å². The molecular weight excluding hydrogens is 353 g/mol. The summed E-state index contributed by atoms with van der Waals surface area (Å²) in [5.74, 6) is 0. The summed E-state index contributed by atoms with van der Waals surface area (Å²) in [6.45, 7) is 1.43. The minimum absolute atomic E-state index is 0. The minimum Gasteiger partial charge on any atom is -0.329 e. The predicted molar refractivity (Wildman–Crippen MR) is 84.0 cm³/mol. The fourth-order valence-corrected chi connectivity index (χ4v) is 4.31. The lowest BCUT2D eigenvalue weighted by atomic mass is 10.0. The lowest BCUT2D eigenvalue weighted by Gasteiger charge is -2.28. The van der Waals surface area contributed by atoms with Crippen LogP contribution in [-0.4, -0.2) is 20.5 Å². The van der Waals surface area contributed by atoms with Crippen LogP contribution < -0.4 is 10.5 Å². The zero-order valence-electron chi connectivity index (χ0n) is 12.6. The molecule has 3 N–H and O–H groups in total. The van der Waals surface area contributed by atoms with Crippen molar-refractivity contribution in [3.63, 3.8) is 0 Å². The molecule has 0 heterocycles. The first-order valence-corrected chi connectivity index (χ1v) is 8.50. The molecule has 1 aliphatic rings. The maximum absolute atomic E-state index is 12.9. The number of alkyl halides is 3. The molecule has 0 amide bonds. The topological polar surface area (TPSA) is 72.2 Å². The van der Waals surface area contributed by atoms with Crippen molar-refractivity contribution in [2.24, 2.45) is 5.73 Å². The molecular formula is C14H20ClF3N2O2S. The molecule has 0 unspecified atom stereocenters. The van der Waals surface area contributed by atoms with Gasteiger partial charge < -0.3 is 5.73 Å². The lowest BCUT2D eigenvalue weighted by Crippen LogP contribution is -2.51. The molecule has 4 nitrogen and oxygen atoms in total. The molecule has 9 heteroatoms. The Labute approximate surface area is 140 Å². The lowest BCUT2D eigenvalue weighted by molar-refractivity contribution is -0.138. The van der Waals surface area contributed by atoms with E-state index in [9.17, 15) is 21.6 Å². The highest BCUT2D eigenvalue weighted by Gasteiger charge is 2.38. The monoisotopic (exact) mass is 372 g/mol. The van der Waals surface area contributed by atoms with Gasteiger partial charge in [-0.1, -0.05) is 18.9 Å². The van der Waals surface area contributed by atoms with E-state index in [1.165, 1.54) is 19.1 Å². The summed E-state index contributed by atoms with van der Waals surface area (Å²) in [5.41, 5.74) is 3.97. The van der Waals surface area contributed by atoms with Crippen molar-refractivity contribution in [2.75, 3.05) is 6.54 Å². The van der Waals surface area contributed by atoms with Gasteiger partial charge in [0, 0.05) is 12.1 Å². The number of aryl methyl sites for hydroxylation is 1. The SMILES string of the molecule is Cc1ccc(S(=O)(=O)NC2(CN)CCCC2)cc1C(F)(F)F.Cl. The Kier molecular flexibility index (Phi) is 6.12. The van der Waals surface area contributed by atoms with Crippen molar-refractivity contribution in [2.45, 2.75) is 49.2 Å². The zero-order valence-corrected chi connectivity index (χ0v) is 14.2. The average Bonchev–Trinajstić information content (AvgIpc) is 2.86. The summed E-state index contributed by atoms with van der Waals surface area (Å²) in [4.78, 5) is -0.384. The smallest absolute Gasteiger partial charge is 0.329 e. The molecule has 0 saturated heterocycles. The molecule has 1 saturated carbocycles. The Morgan fingerprint density at radius 3 is 2.30 bits per heavy atom. The van der Waals surface area contributed by atoms with Gasteiger partial charge in [0.1, 0.15) is 0 Å². The van der Waals surface area contributed by atoms with Crippen LogP contribution in [0.15, 0.2) is 23.1 Å². The Balaban J connectivity index is 0.00000264. The standard InChI is InChI=1S/C14H19F3N2O2S.ClH/c1-10-4-5-11(8-12(10)14(15,16)17)22(20,21)19-13(9-18)6-2-3-7-13;/h4-5,8,19H,2-3,6-7,9,18H2,1H3;1H. The largest absolute Gasteiger partial charge is 0.416 e. The number of hydrogen-bond donors (Lipinski definition) is 2. The second-order valence-electron chi connectivity index (χ2n) is 5.77. The molecule has 0 aromatic heterocycles. The van der Waals surface area contributed by atoms with Crippen LogP contribution >= 0.6 is 12.4 Å². The molecule has 0 bridgehead atoms. The van der Waals surface area contributed by atoms with Crippen LogP contribution in [0, 0.1) is 6.92 Å². The highest BCUT2D eigenvalue weighted by Crippen LogP contribution is 2.34. The maximum Gasteiger partial charge on any atom is 0.416 e. The molecule has 1 aromatic rings. The number of rotatable bonds is 4. The third-order valence-electron chi connectivity index (χ3n) is 4.13. The number of nitrogens with two attached hydrogens (primary N) is 1. The minimum atomic E-state index is -4.59. The highest BCUT2D eigenvalue weighted by molar-refractivity contribution is 7.89. The summed E-state index contributed by atoms with van der Waals surface area (Å²) in [6, 6.07) is 3.03. The van der Waals surface area contributed by atoms with Crippen LogP contribution in [0.1, 0.15) is 36.8 Å². The fraction of sp³-hybridized carbons (Fsp3) is 0.571. The van der Waals surface area contributed by atoms with Gasteiger partial charge >= 0.3 is 6.18 Å². The van der Waals surface area contributed by atoms with Crippen molar-refractivity contribution in [3.8, 4) is 0 Å². The molecule has 0 radical (unpaired) electrons. The molecule has 132 valence electrons. The van der Waals surface area contributed by atoms with Crippen molar-refractivity contribution >= 4 is 22.4 Å². The summed E-state index contributed by atoms with van der Waals surface area (Å²) in [6.07, 6.45) is -1.70. The number of nitrogens with one attached hydrogen (secondary N) is 1. The van der Waals surface area contributed by atoms with Crippen molar-refractivity contribution in [1.82, 2.24) is 4.72 Å². The normalized spacial score (nSPS) is 17.8. The van der Waals surface area contributed by atoms with Gasteiger partial charge in [-0.2, -0.15) is 13.2 Å². The van der Waals surface area contributed by atoms with E-state index < -0.39 is 27.3 Å². The first-order valence-electron chi connectivity index (χ1n) is 7.02. The summed E-state index contributed by atoms with van der Waals surface area (Å²) in [7, 11) is -4.04. The number of hydrogen-bond acceptors (Lipinski definition) is 3. The van der Waals surface area contributed by atoms with E-state index in [0.717, 1.165) is 12.8 Å². The van der Waals surface area contributed by atoms with Crippen LogP contribution in [0.3, 0.4) is 0 Å². The van der Waals surface area contributed by atoms with Gasteiger partial charge in [0.05, 0.1) is 10.5 Å². The average molecular weight is 373 g/mol. The van der Waals surface area contributed by atoms with Crippen LogP contribution in [-0.2, 0) is 16.2 Å². The van der Waals surface area contributed by atoms with E-state index in [4.69, 9.17) is 5.73 Å². The first-order chi connectivity index (χ1) is 10.1. The van der Waals surface area contributed by atoms with Gasteiger partial charge in [-0.3, -0.25) is 0 Å². The van der Waals surface area contributed by atoms with Gasteiger partial charge in [0.25, 0.3) is 0 Å². The summed E-state index contributed by atoms with van der Waals surface area (Å²) < 4.78 is 66.1. The van der Waals surface area contributed by atoms with E-state index in [1.54, 1.807) is 0 Å². The third kappa shape index (κ3) is 4.37. The second kappa shape index (κ2) is 6.96. The van der Waals surface area contributed by atoms with Gasteiger partial charge in [0.15, 0.2) is 0 Å². The van der Waals surface area contributed by atoms with E-state index in [-0.39, 0.29) is 29.4 Å². The molecule has 1 aliphatic carbocycles. The van der Waals surface area contributed by atoms with Gasteiger partial charge in [-0.15, -0.1) is 12.4 Å². The van der Waals surface area contributed by atoms with Crippen LogP contribution in [0.4, 0.5) is 13.2 Å². The van der Waals surface area contributed by atoms with Crippen molar-refractivity contribution in [1.29, 1.82) is 0 Å². The van der Waals surface area contributed by atoms with Crippen LogP contribution in [0.25, 0.3) is 0 Å². The molecule has 23 heavy (non-hydrogen) atoms. The van der Waals surface area contributed by atoms with E-state index in [0.29, 0.717) is 18.9 Å². The number of halogens is 4. The first kappa shape index (κ1) is 20.2. The Morgan fingerprint density at radius 1 is 1.26 bits per heavy atom. The zero-order chi connectivity index (χ0) is 16.6. The second-order valence-corrected chi connectivity index (χ2v) is 7.45. The van der Waals surface area contributed by atoms with Crippen molar-refractivity contribution in [3.05, 3.63) is 29.3 Å². The van der Waals surface area contributed by atoms with E-state index in [1.807, 2.05) is 0 Å². The quantitative estimate of drug-likeness (QED) is 0.853. The van der Waals surface area contributed by atoms with E-state index in [2.05, 4.69) is 4.72 Å². The highest BCUT2D eigenvalue weighted by atomic mass is 35.5. The summed E-state index contributed by atoms with van der Waals surface area (Å²) in [5, 5.41) is 0. The number of benzene rings is 1.